The lowest BCUT2D eigenvalue weighted by atomic mass is 9.94. The molecule has 1 unspecified atom stereocenters. The number of nitrogens with zero attached hydrogens (tertiary/aromatic N) is 3. The van der Waals surface area contributed by atoms with Gasteiger partial charge in [0.1, 0.15) is 0 Å². The molecule has 1 aromatic heterocycles. The fourth-order valence-corrected chi connectivity index (χ4v) is 2.64. The molecule has 0 saturated carbocycles. The Morgan fingerprint density at radius 2 is 1.70 bits per heavy atom. The van der Waals surface area contributed by atoms with Crippen LogP contribution in [0.1, 0.15) is 39.3 Å². The summed E-state index contributed by atoms with van der Waals surface area (Å²) in [7, 11) is 0. The van der Waals surface area contributed by atoms with Crippen molar-refractivity contribution < 1.29 is 4.79 Å². The Balaban J connectivity index is 1.93. The minimum atomic E-state index is -0.279. The summed E-state index contributed by atoms with van der Waals surface area (Å²) < 4.78 is 0. The van der Waals surface area contributed by atoms with Crippen molar-refractivity contribution in [3.05, 3.63) is 30.1 Å². The summed E-state index contributed by atoms with van der Waals surface area (Å²) in [6.07, 6.45) is 3.68. The van der Waals surface area contributed by atoms with Gasteiger partial charge in [-0.15, -0.1) is 0 Å². The molecule has 1 atom stereocenters. The second-order valence-electron chi connectivity index (χ2n) is 6.53. The maximum atomic E-state index is 12.3. The van der Waals surface area contributed by atoms with E-state index in [2.05, 4.69) is 28.9 Å². The number of amides is 1. The fraction of sp³-hybridized carbons (Fsp3) is 0.625. The van der Waals surface area contributed by atoms with Crippen molar-refractivity contribution >= 4 is 5.91 Å². The molecule has 1 fully saturated rings. The van der Waals surface area contributed by atoms with Crippen molar-refractivity contribution in [2.45, 2.75) is 33.7 Å². The molecule has 0 N–H and O–H groups in total. The first-order valence-electron chi connectivity index (χ1n) is 7.33. The Labute approximate surface area is 121 Å². The Hall–Kier alpha value is -1.42. The predicted octanol–water partition coefficient (Wildman–Crippen LogP) is 2.33. The third kappa shape index (κ3) is 3.37. The SMILES string of the molecule is CC(c1ccncc1)N1CCN(C(=O)C(C)(C)C)CC1. The monoisotopic (exact) mass is 275 g/mol. The highest BCUT2D eigenvalue weighted by atomic mass is 16.2. The van der Waals surface area contributed by atoms with E-state index in [0.717, 1.165) is 26.2 Å². The van der Waals surface area contributed by atoms with Crippen LogP contribution < -0.4 is 0 Å². The van der Waals surface area contributed by atoms with Crippen LogP contribution in [0.25, 0.3) is 0 Å². The highest BCUT2D eigenvalue weighted by Gasteiger charge is 2.30. The molecule has 4 heteroatoms. The number of piperazine rings is 1. The standard InChI is InChI=1S/C16H25N3O/c1-13(14-5-7-17-8-6-14)18-9-11-19(12-10-18)15(20)16(2,3)4/h5-8,13H,9-12H2,1-4H3. The van der Waals surface area contributed by atoms with Crippen LogP contribution in [0.4, 0.5) is 0 Å². The van der Waals surface area contributed by atoms with E-state index < -0.39 is 0 Å². The minimum Gasteiger partial charge on any atom is -0.340 e. The average molecular weight is 275 g/mol. The van der Waals surface area contributed by atoms with Crippen molar-refractivity contribution in [3.63, 3.8) is 0 Å². The molecule has 0 aliphatic carbocycles. The van der Waals surface area contributed by atoms with Crippen LogP contribution in [0.2, 0.25) is 0 Å². The maximum Gasteiger partial charge on any atom is 0.228 e. The Morgan fingerprint density at radius 3 is 2.20 bits per heavy atom. The molecule has 1 saturated heterocycles. The first-order valence-corrected chi connectivity index (χ1v) is 7.33. The number of carbonyl (C=O) groups excluding carboxylic acids is 1. The van der Waals surface area contributed by atoms with Gasteiger partial charge in [0.15, 0.2) is 0 Å². The largest absolute Gasteiger partial charge is 0.340 e. The van der Waals surface area contributed by atoms with E-state index in [4.69, 9.17) is 0 Å². The van der Waals surface area contributed by atoms with Gasteiger partial charge in [-0.1, -0.05) is 20.8 Å². The van der Waals surface area contributed by atoms with E-state index >= 15 is 0 Å². The molecule has 110 valence electrons. The van der Waals surface area contributed by atoms with E-state index in [1.54, 1.807) is 0 Å². The molecule has 1 aliphatic rings. The van der Waals surface area contributed by atoms with Crippen LogP contribution in [0.5, 0.6) is 0 Å². The smallest absolute Gasteiger partial charge is 0.228 e. The van der Waals surface area contributed by atoms with Crippen LogP contribution >= 0.6 is 0 Å². The van der Waals surface area contributed by atoms with Crippen LogP contribution in [-0.4, -0.2) is 46.9 Å². The van der Waals surface area contributed by atoms with E-state index in [1.807, 2.05) is 38.1 Å². The van der Waals surface area contributed by atoms with Gasteiger partial charge < -0.3 is 4.90 Å². The molecular weight excluding hydrogens is 250 g/mol. The topological polar surface area (TPSA) is 36.4 Å². The summed E-state index contributed by atoms with van der Waals surface area (Å²) >= 11 is 0. The van der Waals surface area contributed by atoms with Gasteiger partial charge in [-0.2, -0.15) is 0 Å². The van der Waals surface area contributed by atoms with E-state index in [-0.39, 0.29) is 11.3 Å². The van der Waals surface area contributed by atoms with Crippen molar-refractivity contribution in [2.24, 2.45) is 5.41 Å². The van der Waals surface area contributed by atoms with Crippen LogP contribution in [0, 0.1) is 5.41 Å². The number of pyridine rings is 1. The Bertz CT molecular complexity index is 445. The van der Waals surface area contributed by atoms with Crippen molar-refractivity contribution in [3.8, 4) is 0 Å². The van der Waals surface area contributed by atoms with Gasteiger partial charge in [0, 0.05) is 50.0 Å². The molecule has 0 aromatic carbocycles. The van der Waals surface area contributed by atoms with Crippen LogP contribution in [0.15, 0.2) is 24.5 Å². The van der Waals surface area contributed by atoms with E-state index in [1.165, 1.54) is 5.56 Å². The molecule has 2 heterocycles. The van der Waals surface area contributed by atoms with Gasteiger partial charge in [-0.3, -0.25) is 14.7 Å². The molecule has 2 rings (SSSR count). The zero-order valence-corrected chi connectivity index (χ0v) is 13.0. The average Bonchev–Trinajstić information content (AvgIpc) is 2.46. The zero-order valence-electron chi connectivity index (χ0n) is 13.0. The summed E-state index contributed by atoms with van der Waals surface area (Å²) in [6, 6.07) is 4.51. The first kappa shape index (κ1) is 15.0. The second-order valence-corrected chi connectivity index (χ2v) is 6.53. The summed E-state index contributed by atoms with van der Waals surface area (Å²) in [5, 5.41) is 0. The summed E-state index contributed by atoms with van der Waals surface area (Å²) in [6.45, 7) is 11.7. The third-order valence-electron chi connectivity index (χ3n) is 3.98. The quantitative estimate of drug-likeness (QED) is 0.831. The van der Waals surface area contributed by atoms with Gasteiger partial charge in [0.05, 0.1) is 0 Å². The number of hydrogen-bond acceptors (Lipinski definition) is 3. The highest BCUT2D eigenvalue weighted by Crippen LogP contribution is 2.23. The van der Waals surface area contributed by atoms with Crippen LogP contribution in [-0.2, 0) is 4.79 Å². The van der Waals surface area contributed by atoms with E-state index in [0.29, 0.717) is 6.04 Å². The van der Waals surface area contributed by atoms with Crippen LogP contribution in [0.3, 0.4) is 0 Å². The molecule has 20 heavy (non-hydrogen) atoms. The number of rotatable bonds is 2. The van der Waals surface area contributed by atoms with Gasteiger partial charge >= 0.3 is 0 Å². The molecule has 0 radical (unpaired) electrons. The van der Waals surface area contributed by atoms with Gasteiger partial charge in [-0.05, 0) is 24.6 Å². The normalized spacial score (nSPS) is 18.9. The third-order valence-corrected chi connectivity index (χ3v) is 3.98. The predicted molar refractivity (Wildman–Crippen MR) is 80.3 cm³/mol. The van der Waals surface area contributed by atoms with E-state index in [9.17, 15) is 4.79 Å². The minimum absolute atomic E-state index is 0.258. The van der Waals surface area contributed by atoms with Crippen molar-refractivity contribution in [1.29, 1.82) is 0 Å². The Morgan fingerprint density at radius 1 is 1.15 bits per heavy atom. The lowest BCUT2D eigenvalue weighted by Crippen LogP contribution is -2.52. The molecule has 1 amide bonds. The Kier molecular flexibility index (Phi) is 4.43. The molecule has 1 aliphatic heterocycles. The lowest BCUT2D eigenvalue weighted by molar-refractivity contribution is -0.141. The second kappa shape index (κ2) is 5.92. The first-order chi connectivity index (χ1) is 9.39. The molecule has 4 nitrogen and oxygen atoms in total. The van der Waals surface area contributed by atoms with Gasteiger partial charge in [0.2, 0.25) is 5.91 Å². The fourth-order valence-electron chi connectivity index (χ4n) is 2.64. The van der Waals surface area contributed by atoms with Gasteiger partial charge in [-0.25, -0.2) is 0 Å². The summed E-state index contributed by atoms with van der Waals surface area (Å²) in [5.41, 5.74) is 1.01. The number of hydrogen-bond donors (Lipinski definition) is 0. The lowest BCUT2D eigenvalue weighted by Gasteiger charge is -2.40. The molecular formula is C16H25N3O. The number of carbonyl (C=O) groups is 1. The van der Waals surface area contributed by atoms with Crippen molar-refractivity contribution in [2.75, 3.05) is 26.2 Å². The molecule has 0 bridgehead atoms. The molecule has 0 spiro atoms. The maximum absolute atomic E-state index is 12.3. The highest BCUT2D eigenvalue weighted by molar-refractivity contribution is 5.81. The zero-order chi connectivity index (χ0) is 14.8. The van der Waals surface area contributed by atoms with Crippen molar-refractivity contribution in [1.82, 2.24) is 14.8 Å². The summed E-state index contributed by atoms with van der Waals surface area (Å²) in [4.78, 5) is 20.8. The van der Waals surface area contributed by atoms with Gasteiger partial charge in [0.25, 0.3) is 0 Å². The summed E-state index contributed by atoms with van der Waals surface area (Å²) in [5.74, 6) is 0.258. The number of aromatic nitrogens is 1. The molecule has 1 aromatic rings.